The molecule has 1 atom stereocenters. The van der Waals surface area contributed by atoms with Crippen LogP contribution in [0.2, 0.25) is 0 Å². The molecule has 0 fully saturated rings. The zero-order chi connectivity index (χ0) is 36.0. The summed E-state index contributed by atoms with van der Waals surface area (Å²) < 4.78 is 101. The van der Waals surface area contributed by atoms with E-state index in [0.29, 0.717) is 41.6 Å². The van der Waals surface area contributed by atoms with E-state index >= 15 is 0 Å². The predicted octanol–water partition coefficient (Wildman–Crippen LogP) is 5.32. The van der Waals surface area contributed by atoms with Crippen molar-refractivity contribution in [2.45, 2.75) is 34.2 Å². The van der Waals surface area contributed by atoms with E-state index < -0.39 is 41.3 Å². The highest BCUT2D eigenvalue weighted by atomic mass is 32.2. The van der Waals surface area contributed by atoms with Gasteiger partial charge in [-0.15, -0.1) is 0 Å². The van der Waals surface area contributed by atoms with Gasteiger partial charge in [0, 0.05) is 35.8 Å². The Morgan fingerprint density at radius 2 is 1.54 bits per heavy atom. The fourth-order valence-corrected chi connectivity index (χ4v) is 7.43. The number of likely N-dealkylation sites (N-methyl/N-ethyl adjacent to an activating group) is 1. The van der Waals surface area contributed by atoms with Crippen molar-refractivity contribution in [1.82, 2.24) is 4.90 Å². The van der Waals surface area contributed by atoms with Gasteiger partial charge < -0.3 is 20.9 Å². The molecule has 14 nitrogen and oxygen atoms in total. The van der Waals surface area contributed by atoms with Gasteiger partial charge in [-0.3, -0.25) is 13.7 Å². The number of nitrogens with zero attached hydrogens (tertiary/aromatic N) is 3. The van der Waals surface area contributed by atoms with Crippen molar-refractivity contribution in [2.75, 3.05) is 22.5 Å². The van der Waals surface area contributed by atoms with Crippen LogP contribution in [0.4, 0.5) is 34.1 Å². The van der Waals surface area contributed by atoms with Crippen LogP contribution < -0.4 is 16.0 Å². The minimum atomic E-state index is -4.64. The fourth-order valence-electron chi connectivity index (χ4n) is 5.75. The lowest BCUT2D eigenvalue weighted by atomic mass is 9.97. The Morgan fingerprint density at radius 1 is 0.820 bits per heavy atom. The third-order valence-corrected chi connectivity index (χ3v) is 10.7. The van der Waals surface area contributed by atoms with Gasteiger partial charge in [0.05, 0.1) is 38.6 Å². The van der Waals surface area contributed by atoms with E-state index in [2.05, 4.69) is 5.32 Å². The average Bonchev–Trinajstić information content (AvgIpc) is 3.06. The Hall–Kier alpha value is -5.04. The zero-order valence-electron chi connectivity index (χ0n) is 26.2. The van der Waals surface area contributed by atoms with Crippen LogP contribution in [-0.4, -0.2) is 62.1 Å². The first-order valence-electron chi connectivity index (χ1n) is 15.0. The molecule has 0 bridgehead atoms. The number of benzene rings is 4. The molecular formula is C33H31N5O9S3. The van der Waals surface area contributed by atoms with E-state index in [1.54, 1.807) is 36.4 Å². The van der Waals surface area contributed by atoms with E-state index in [9.17, 15) is 38.9 Å². The normalized spacial score (nSPS) is 15.8. The molecule has 1 unspecified atom stereocenters. The second-order valence-electron chi connectivity index (χ2n) is 11.4. The van der Waals surface area contributed by atoms with Crippen molar-refractivity contribution < 1.29 is 38.9 Å². The van der Waals surface area contributed by atoms with Crippen LogP contribution in [0, 0.1) is 0 Å². The zero-order valence-corrected chi connectivity index (χ0v) is 28.7. The number of hydrogen-bond donors (Lipinski definition) is 5. The van der Waals surface area contributed by atoms with Crippen molar-refractivity contribution in [3.63, 3.8) is 0 Å². The lowest BCUT2D eigenvalue weighted by Gasteiger charge is -2.39. The second kappa shape index (κ2) is 13.0. The molecule has 6 rings (SSSR count). The highest BCUT2D eigenvalue weighted by Crippen LogP contribution is 2.44. The molecule has 0 amide bonds. The average molecular weight is 738 g/mol. The molecule has 1 aliphatic heterocycles. The first-order chi connectivity index (χ1) is 23.5. The Kier molecular flexibility index (Phi) is 9.06. The van der Waals surface area contributed by atoms with Gasteiger partial charge in [-0.1, -0.05) is 18.2 Å². The smallest absolute Gasteiger partial charge is 0.296 e. The van der Waals surface area contributed by atoms with Gasteiger partial charge in [0.15, 0.2) is 0 Å². The molecule has 4 aromatic carbocycles. The van der Waals surface area contributed by atoms with Crippen LogP contribution in [0.25, 0.3) is 0 Å². The molecule has 0 spiro atoms. The van der Waals surface area contributed by atoms with Crippen molar-refractivity contribution in [1.29, 1.82) is 0 Å². The second-order valence-corrected chi connectivity index (χ2v) is 15.7. The number of hydrogen-bond acceptors (Lipinski definition) is 11. The summed E-state index contributed by atoms with van der Waals surface area (Å²) in [7, 11) is -13.6. The Morgan fingerprint density at radius 3 is 2.20 bits per heavy atom. The van der Waals surface area contributed by atoms with Crippen molar-refractivity contribution in [3.05, 3.63) is 114 Å². The molecule has 50 heavy (non-hydrogen) atoms. The molecule has 0 radical (unpaired) electrons. The SMILES string of the molecule is CCN(Cc1ccc(S(=O)(=O)O)cc1)C1=CC2C(=Nc3ccc(Nc4ccc(N)cc4S(=O)(=O)O)cc3N2c2cccc(S(=O)(=O)O)c2)C=C1. The van der Waals surface area contributed by atoms with E-state index in [1.807, 2.05) is 35.0 Å². The van der Waals surface area contributed by atoms with Crippen LogP contribution in [0.3, 0.4) is 0 Å². The molecule has 0 saturated heterocycles. The number of allylic oxidation sites excluding steroid dienone is 1. The lowest BCUT2D eigenvalue weighted by Crippen LogP contribution is -2.40. The maximum absolute atomic E-state index is 12.2. The predicted molar refractivity (Wildman–Crippen MR) is 189 cm³/mol. The largest absolute Gasteiger partial charge is 0.399 e. The van der Waals surface area contributed by atoms with E-state index in [4.69, 9.17) is 10.7 Å². The summed E-state index contributed by atoms with van der Waals surface area (Å²) in [5.74, 6) is 0. The van der Waals surface area contributed by atoms with Crippen LogP contribution in [0.1, 0.15) is 12.5 Å². The summed E-state index contributed by atoms with van der Waals surface area (Å²) in [5, 5.41) is 3.02. The third kappa shape index (κ3) is 7.28. The molecule has 1 aliphatic carbocycles. The number of nitrogens with two attached hydrogens (primary N) is 1. The van der Waals surface area contributed by atoms with Crippen LogP contribution in [-0.2, 0) is 36.9 Å². The summed E-state index contributed by atoms with van der Waals surface area (Å²) in [6, 6.07) is 20.1. The van der Waals surface area contributed by atoms with Gasteiger partial charge >= 0.3 is 0 Å². The minimum absolute atomic E-state index is 0.0626. The Balaban J connectivity index is 1.43. The summed E-state index contributed by atoms with van der Waals surface area (Å²) in [5.41, 5.74) is 9.98. The molecule has 17 heteroatoms. The molecule has 6 N–H and O–H groups in total. The summed E-state index contributed by atoms with van der Waals surface area (Å²) in [6.07, 6.45) is 5.66. The van der Waals surface area contributed by atoms with E-state index in [1.165, 1.54) is 42.5 Å². The first kappa shape index (κ1) is 34.8. The highest BCUT2D eigenvalue weighted by Gasteiger charge is 2.33. The molecule has 4 aromatic rings. The number of nitrogen functional groups attached to an aromatic ring is 1. The number of rotatable bonds is 10. The Bertz CT molecular complexity index is 2430. The van der Waals surface area contributed by atoms with Gasteiger partial charge in [0.2, 0.25) is 0 Å². The van der Waals surface area contributed by atoms with Gasteiger partial charge in [-0.2, -0.15) is 25.3 Å². The minimum Gasteiger partial charge on any atom is -0.399 e. The van der Waals surface area contributed by atoms with Crippen LogP contribution in [0.5, 0.6) is 0 Å². The molecule has 260 valence electrons. The number of nitrogens with one attached hydrogen (secondary N) is 1. The Labute approximate surface area is 289 Å². The molecular weight excluding hydrogens is 707 g/mol. The van der Waals surface area contributed by atoms with Gasteiger partial charge in [-0.25, -0.2) is 4.99 Å². The maximum atomic E-state index is 12.2. The lowest BCUT2D eigenvalue weighted by molar-refractivity contribution is 0.364. The first-order valence-corrected chi connectivity index (χ1v) is 19.3. The topological polar surface area (TPSA) is 220 Å². The monoisotopic (exact) mass is 737 g/mol. The molecule has 0 saturated carbocycles. The van der Waals surface area contributed by atoms with Crippen molar-refractivity contribution in [2.24, 2.45) is 4.99 Å². The molecule has 0 aromatic heterocycles. The van der Waals surface area contributed by atoms with Crippen molar-refractivity contribution in [3.8, 4) is 0 Å². The van der Waals surface area contributed by atoms with Crippen molar-refractivity contribution >= 4 is 70.2 Å². The number of aliphatic imine (C=N–C) groups is 1. The summed E-state index contributed by atoms with van der Waals surface area (Å²) >= 11 is 0. The van der Waals surface area contributed by atoms with Gasteiger partial charge in [0.25, 0.3) is 30.4 Å². The highest BCUT2D eigenvalue weighted by molar-refractivity contribution is 7.86. The molecule has 2 aliphatic rings. The van der Waals surface area contributed by atoms with Gasteiger partial charge in [-0.05, 0) is 97.4 Å². The molecule has 1 heterocycles. The maximum Gasteiger partial charge on any atom is 0.296 e. The fraction of sp³-hybridized carbons (Fsp3) is 0.121. The van der Waals surface area contributed by atoms with Crippen LogP contribution >= 0.6 is 0 Å². The van der Waals surface area contributed by atoms with E-state index in [0.717, 1.165) is 17.3 Å². The number of fused-ring (bicyclic) bond motifs is 2. The summed E-state index contributed by atoms with van der Waals surface area (Å²) in [6.45, 7) is 2.89. The van der Waals surface area contributed by atoms with E-state index in [-0.39, 0.29) is 21.2 Å². The quantitative estimate of drug-likeness (QED) is 0.103. The summed E-state index contributed by atoms with van der Waals surface area (Å²) in [4.78, 5) is 7.77. The van der Waals surface area contributed by atoms with Crippen LogP contribution in [0.15, 0.2) is 129 Å². The van der Waals surface area contributed by atoms with Gasteiger partial charge in [0.1, 0.15) is 4.90 Å². The third-order valence-electron chi connectivity index (χ3n) is 8.12. The standard InChI is InChI=1S/C33H31N5O9S3/c1-2-37(20-21-6-11-26(12-7-21)48(39,40)41)24-10-15-29-32(19-24)38(25-4-3-5-27(18-25)49(42,43)44)31-17-23(9-14-28(31)36-29)35-30-13-8-22(34)16-33(30)50(45,46)47/h3-19,32,35H,2,20,34H2,1H3,(H,39,40,41)(H,42,43,44)(H,45,46,47). The number of anilines is 5.